The summed E-state index contributed by atoms with van der Waals surface area (Å²) in [5.74, 6) is -2.23. The number of quaternary nitrogens is 1. The second-order valence-corrected chi connectivity index (χ2v) is 4.93. The second kappa shape index (κ2) is 4.96. The van der Waals surface area contributed by atoms with Crippen molar-refractivity contribution in [2.45, 2.75) is 12.0 Å². The molecule has 0 saturated carbocycles. The lowest BCUT2D eigenvalue weighted by atomic mass is 9.94. The molecule has 0 amide bonds. The van der Waals surface area contributed by atoms with Crippen LogP contribution < -0.4 is 5.11 Å². The molecule has 1 N–H and O–H groups in total. The SMILES string of the molecule is C[N+](C)(C)CC(O)(CC(=O)[O-])C(=O)CS. The monoisotopic (exact) mass is 235 g/mol. The van der Waals surface area contributed by atoms with Gasteiger partial charge in [0.1, 0.15) is 6.54 Å². The number of nitrogens with zero attached hydrogens (tertiary/aromatic N) is 1. The molecule has 0 aliphatic carbocycles. The van der Waals surface area contributed by atoms with Gasteiger partial charge in [0.05, 0.1) is 26.9 Å². The lowest BCUT2D eigenvalue weighted by Gasteiger charge is -2.34. The smallest absolute Gasteiger partial charge is 0.180 e. The molecule has 15 heavy (non-hydrogen) atoms. The number of carbonyl (C=O) groups excluding carboxylic acids is 2. The Hall–Kier alpha value is -0.590. The van der Waals surface area contributed by atoms with Crippen LogP contribution in [0.4, 0.5) is 0 Å². The molecule has 0 bridgehead atoms. The third-order valence-corrected chi connectivity index (χ3v) is 2.12. The van der Waals surface area contributed by atoms with Crippen molar-refractivity contribution in [2.24, 2.45) is 0 Å². The van der Waals surface area contributed by atoms with E-state index in [0.717, 1.165) is 0 Å². The molecule has 0 aromatic rings. The summed E-state index contributed by atoms with van der Waals surface area (Å²) < 4.78 is 0.281. The summed E-state index contributed by atoms with van der Waals surface area (Å²) in [5, 5.41) is 20.4. The fraction of sp³-hybridized carbons (Fsp3) is 0.778. The molecule has 1 atom stereocenters. The van der Waals surface area contributed by atoms with Crippen molar-refractivity contribution in [1.29, 1.82) is 0 Å². The highest BCUT2D eigenvalue weighted by molar-refractivity contribution is 7.81. The summed E-state index contributed by atoms with van der Waals surface area (Å²) in [5.41, 5.74) is -1.89. The topological polar surface area (TPSA) is 77.4 Å². The number of ketones is 1. The summed E-state index contributed by atoms with van der Waals surface area (Å²) in [7, 11) is 5.27. The van der Waals surface area contributed by atoms with E-state index in [1.165, 1.54) is 0 Å². The van der Waals surface area contributed by atoms with Crippen LogP contribution in [0.2, 0.25) is 0 Å². The Labute approximate surface area is 94.7 Å². The molecule has 6 heteroatoms. The third kappa shape index (κ3) is 5.15. The zero-order valence-corrected chi connectivity index (χ0v) is 10.1. The number of hydrogen-bond donors (Lipinski definition) is 2. The zero-order chi connectivity index (χ0) is 12.3. The molecule has 0 aliphatic heterocycles. The van der Waals surface area contributed by atoms with Crippen LogP contribution in [0, 0.1) is 0 Å². The Morgan fingerprint density at radius 3 is 2.13 bits per heavy atom. The standard InChI is InChI=1S/C9H17NO4S/c1-10(2,3)6-9(14,4-8(12)13)7(11)5-15/h14H,4-6H2,1-3H3,(H-,12,13,15). The average molecular weight is 235 g/mol. The van der Waals surface area contributed by atoms with Crippen LogP contribution in [0.5, 0.6) is 0 Å². The fourth-order valence-corrected chi connectivity index (χ4v) is 1.71. The number of aliphatic carboxylic acids is 1. The normalized spacial score (nSPS) is 15.8. The Kier molecular flexibility index (Phi) is 4.76. The lowest BCUT2D eigenvalue weighted by molar-refractivity contribution is -0.875. The van der Waals surface area contributed by atoms with Gasteiger partial charge in [0, 0.05) is 12.4 Å². The fourth-order valence-electron chi connectivity index (χ4n) is 1.41. The number of likely N-dealkylation sites (N-methyl/N-ethyl adjacent to an activating group) is 1. The first-order valence-corrected chi connectivity index (χ1v) is 5.11. The van der Waals surface area contributed by atoms with Gasteiger partial charge >= 0.3 is 0 Å². The molecule has 0 fully saturated rings. The maximum Gasteiger partial charge on any atom is 0.180 e. The number of Topliss-reactive ketones (excluding diaryl/α,β-unsaturated/α-hetero) is 1. The minimum absolute atomic E-state index is 0.0143. The Morgan fingerprint density at radius 2 is 1.87 bits per heavy atom. The first-order valence-electron chi connectivity index (χ1n) is 4.47. The Balaban J connectivity index is 4.86. The van der Waals surface area contributed by atoms with Crippen LogP contribution >= 0.6 is 12.6 Å². The number of thiol groups is 1. The van der Waals surface area contributed by atoms with E-state index in [1.54, 1.807) is 21.1 Å². The molecule has 88 valence electrons. The summed E-state index contributed by atoms with van der Waals surface area (Å²) in [6.07, 6.45) is -0.693. The third-order valence-electron chi connectivity index (χ3n) is 1.84. The van der Waals surface area contributed by atoms with Crippen LogP contribution in [0.15, 0.2) is 0 Å². The van der Waals surface area contributed by atoms with Crippen molar-refractivity contribution < 1.29 is 24.3 Å². The molecule has 0 saturated heterocycles. The molecule has 0 aromatic carbocycles. The van der Waals surface area contributed by atoms with E-state index >= 15 is 0 Å². The van der Waals surface area contributed by atoms with Crippen LogP contribution in [0.1, 0.15) is 6.42 Å². The first kappa shape index (κ1) is 14.4. The zero-order valence-electron chi connectivity index (χ0n) is 9.19. The van der Waals surface area contributed by atoms with E-state index in [4.69, 9.17) is 0 Å². The Bertz CT molecular complexity index is 261. The number of aliphatic hydroxyl groups is 1. The van der Waals surface area contributed by atoms with Crippen molar-refractivity contribution in [3.63, 3.8) is 0 Å². The summed E-state index contributed by atoms with van der Waals surface area (Å²) in [6.45, 7) is 0.0143. The molecule has 1 unspecified atom stereocenters. The van der Waals surface area contributed by atoms with Crippen molar-refractivity contribution in [1.82, 2.24) is 0 Å². The molecule has 0 aliphatic rings. The van der Waals surface area contributed by atoms with E-state index in [-0.39, 0.29) is 16.8 Å². The van der Waals surface area contributed by atoms with Gasteiger partial charge in [-0.05, 0) is 0 Å². The first-order chi connectivity index (χ1) is 6.60. The summed E-state index contributed by atoms with van der Waals surface area (Å²) >= 11 is 3.75. The van der Waals surface area contributed by atoms with Crippen molar-refractivity contribution in [3.05, 3.63) is 0 Å². The summed E-state index contributed by atoms with van der Waals surface area (Å²) in [4.78, 5) is 21.9. The minimum atomic E-state index is -1.89. The van der Waals surface area contributed by atoms with Crippen molar-refractivity contribution in [3.8, 4) is 0 Å². The van der Waals surface area contributed by atoms with E-state index < -0.39 is 23.8 Å². The van der Waals surface area contributed by atoms with Crippen LogP contribution in [0.3, 0.4) is 0 Å². The summed E-state index contributed by atoms with van der Waals surface area (Å²) in [6, 6.07) is 0. The molecular formula is C9H17NO4S. The van der Waals surface area contributed by atoms with Gasteiger partial charge in [0.25, 0.3) is 0 Å². The highest BCUT2D eigenvalue weighted by Crippen LogP contribution is 2.16. The van der Waals surface area contributed by atoms with E-state index in [9.17, 15) is 19.8 Å². The Morgan fingerprint density at radius 1 is 1.40 bits per heavy atom. The van der Waals surface area contributed by atoms with Gasteiger partial charge in [-0.1, -0.05) is 0 Å². The number of carbonyl (C=O) groups is 2. The molecule has 0 heterocycles. The van der Waals surface area contributed by atoms with Gasteiger partial charge in [-0.25, -0.2) is 0 Å². The molecule has 0 radical (unpaired) electrons. The minimum Gasteiger partial charge on any atom is -0.550 e. The van der Waals surface area contributed by atoms with Crippen molar-refractivity contribution in [2.75, 3.05) is 33.4 Å². The quantitative estimate of drug-likeness (QED) is 0.415. The van der Waals surface area contributed by atoms with Gasteiger partial charge in [0.2, 0.25) is 0 Å². The predicted molar refractivity (Wildman–Crippen MR) is 56.3 cm³/mol. The lowest BCUT2D eigenvalue weighted by Crippen LogP contribution is -2.56. The largest absolute Gasteiger partial charge is 0.550 e. The van der Waals surface area contributed by atoms with Gasteiger partial charge < -0.3 is 19.5 Å². The second-order valence-electron chi connectivity index (χ2n) is 4.61. The number of carboxylic acid groups (broad SMARTS) is 1. The van der Waals surface area contributed by atoms with Gasteiger partial charge in [-0.3, -0.25) is 4.79 Å². The molecule has 0 aromatic heterocycles. The van der Waals surface area contributed by atoms with Gasteiger partial charge in [-0.2, -0.15) is 12.6 Å². The molecule has 0 spiro atoms. The molecule has 5 nitrogen and oxygen atoms in total. The predicted octanol–water partition coefficient (Wildman–Crippen LogP) is -1.94. The van der Waals surface area contributed by atoms with Gasteiger partial charge in [0.15, 0.2) is 11.4 Å². The molecule has 0 rings (SSSR count). The van der Waals surface area contributed by atoms with E-state index in [1.807, 2.05) is 0 Å². The maximum atomic E-state index is 11.4. The highest BCUT2D eigenvalue weighted by Gasteiger charge is 2.40. The maximum absolute atomic E-state index is 11.4. The van der Waals surface area contributed by atoms with E-state index in [2.05, 4.69) is 12.6 Å². The van der Waals surface area contributed by atoms with Crippen LogP contribution in [0.25, 0.3) is 0 Å². The van der Waals surface area contributed by atoms with Crippen LogP contribution in [-0.4, -0.2) is 60.4 Å². The van der Waals surface area contributed by atoms with Gasteiger partial charge in [-0.15, -0.1) is 0 Å². The average Bonchev–Trinajstić information content (AvgIpc) is 1.97. The van der Waals surface area contributed by atoms with Crippen LogP contribution in [-0.2, 0) is 9.59 Å². The molecular weight excluding hydrogens is 218 g/mol. The van der Waals surface area contributed by atoms with Crippen molar-refractivity contribution >= 4 is 24.4 Å². The van der Waals surface area contributed by atoms with E-state index in [0.29, 0.717) is 0 Å². The number of rotatable bonds is 6. The number of carboxylic acids is 1. The number of hydrogen-bond acceptors (Lipinski definition) is 5. The highest BCUT2D eigenvalue weighted by atomic mass is 32.1.